The molecule has 0 bridgehead atoms. The second-order valence-electron chi connectivity index (χ2n) is 4.40. The highest BCUT2D eigenvalue weighted by molar-refractivity contribution is 5.91. The number of nitrogens with two attached hydrogens (primary N) is 1. The summed E-state index contributed by atoms with van der Waals surface area (Å²) in [6.45, 7) is 0. The van der Waals surface area contributed by atoms with Crippen LogP contribution in [0.1, 0.15) is 18.4 Å². The van der Waals surface area contributed by atoms with Crippen LogP contribution in [-0.4, -0.2) is 24.9 Å². The normalized spacial score (nSPS) is 17.2. The SMILES string of the molecule is CN(C)C(=O)C1(c2ccc(N)cc2)CC1. The lowest BCUT2D eigenvalue weighted by molar-refractivity contribution is -0.131. The van der Waals surface area contributed by atoms with Gasteiger partial charge < -0.3 is 10.6 Å². The summed E-state index contributed by atoms with van der Waals surface area (Å²) < 4.78 is 0. The summed E-state index contributed by atoms with van der Waals surface area (Å²) in [5, 5.41) is 0. The summed E-state index contributed by atoms with van der Waals surface area (Å²) in [7, 11) is 3.61. The molecular weight excluding hydrogens is 188 g/mol. The highest BCUT2D eigenvalue weighted by Gasteiger charge is 2.51. The predicted molar refractivity (Wildman–Crippen MR) is 60.5 cm³/mol. The van der Waals surface area contributed by atoms with Crippen molar-refractivity contribution in [3.63, 3.8) is 0 Å². The number of benzene rings is 1. The number of nitrogen functional groups attached to an aromatic ring is 1. The summed E-state index contributed by atoms with van der Waals surface area (Å²) in [6.07, 6.45) is 1.90. The van der Waals surface area contributed by atoms with Crippen molar-refractivity contribution in [3.8, 4) is 0 Å². The molecule has 0 saturated heterocycles. The van der Waals surface area contributed by atoms with E-state index in [1.54, 1.807) is 19.0 Å². The largest absolute Gasteiger partial charge is 0.399 e. The van der Waals surface area contributed by atoms with Gasteiger partial charge in [0.1, 0.15) is 0 Å². The lowest BCUT2D eigenvalue weighted by atomic mass is 9.94. The molecule has 0 spiro atoms. The summed E-state index contributed by atoms with van der Waals surface area (Å²) in [6, 6.07) is 7.64. The average molecular weight is 204 g/mol. The summed E-state index contributed by atoms with van der Waals surface area (Å²) in [4.78, 5) is 13.7. The van der Waals surface area contributed by atoms with Crippen LogP contribution in [0.5, 0.6) is 0 Å². The van der Waals surface area contributed by atoms with E-state index in [9.17, 15) is 4.79 Å². The van der Waals surface area contributed by atoms with E-state index in [4.69, 9.17) is 5.73 Å². The topological polar surface area (TPSA) is 46.3 Å². The van der Waals surface area contributed by atoms with Gasteiger partial charge in [-0.05, 0) is 30.5 Å². The third-order valence-corrected chi connectivity index (χ3v) is 3.03. The second-order valence-corrected chi connectivity index (χ2v) is 4.40. The van der Waals surface area contributed by atoms with E-state index < -0.39 is 0 Å². The van der Waals surface area contributed by atoms with Gasteiger partial charge in [0.05, 0.1) is 5.41 Å². The number of likely N-dealkylation sites (N-methyl/N-ethyl adjacent to an activating group) is 1. The smallest absolute Gasteiger partial charge is 0.232 e. The molecule has 0 heterocycles. The van der Waals surface area contributed by atoms with E-state index in [-0.39, 0.29) is 11.3 Å². The van der Waals surface area contributed by atoms with Crippen LogP contribution in [0.4, 0.5) is 5.69 Å². The van der Waals surface area contributed by atoms with Gasteiger partial charge >= 0.3 is 0 Å². The van der Waals surface area contributed by atoms with Crippen molar-refractivity contribution in [1.29, 1.82) is 0 Å². The number of hydrogen-bond donors (Lipinski definition) is 1. The molecule has 1 saturated carbocycles. The van der Waals surface area contributed by atoms with E-state index >= 15 is 0 Å². The van der Waals surface area contributed by atoms with Gasteiger partial charge in [0.2, 0.25) is 5.91 Å². The fraction of sp³-hybridized carbons (Fsp3) is 0.417. The zero-order valence-corrected chi connectivity index (χ0v) is 9.16. The number of nitrogens with zero attached hydrogens (tertiary/aromatic N) is 1. The molecule has 1 aliphatic carbocycles. The maximum Gasteiger partial charge on any atom is 0.232 e. The molecule has 0 atom stereocenters. The maximum atomic E-state index is 12.0. The van der Waals surface area contributed by atoms with Crippen molar-refractivity contribution < 1.29 is 4.79 Å². The number of hydrogen-bond acceptors (Lipinski definition) is 2. The molecule has 2 rings (SSSR count). The average Bonchev–Trinajstić information content (AvgIpc) is 2.99. The summed E-state index contributed by atoms with van der Waals surface area (Å²) in [5.74, 6) is 0.201. The number of carbonyl (C=O) groups excluding carboxylic acids is 1. The van der Waals surface area contributed by atoms with E-state index in [2.05, 4.69) is 0 Å². The van der Waals surface area contributed by atoms with Crippen LogP contribution in [0.15, 0.2) is 24.3 Å². The Bertz CT molecular complexity index is 377. The Morgan fingerprint density at radius 1 is 1.27 bits per heavy atom. The van der Waals surface area contributed by atoms with E-state index in [0.29, 0.717) is 0 Å². The van der Waals surface area contributed by atoms with E-state index in [1.165, 1.54) is 0 Å². The van der Waals surface area contributed by atoms with Gasteiger partial charge in [-0.15, -0.1) is 0 Å². The Hall–Kier alpha value is -1.51. The Morgan fingerprint density at radius 3 is 2.20 bits per heavy atom. The molecule has 15 heavy (non-hydrogen) atoms. The first kappa shape index (κ1) is 10.0. The minimum atomic E-state index is -0.253. The number of rotatable bonds is 2. The molecule has 0 aliphatic heterocycles. The fourth-order valence-corrected chi connectivity index (χ4v) is 1.98. The molecular formula is C12H16N2O. The standard InChI is InChI=1S/C12H16N2O/c1-14(2)11(15)12(7-8-12)9-3-5-10(13)6-4-9/h3-6H,7-8,13H2,1-2H3. The van der Waals surface area contributed by atoms with Crippen molar-refractivity contribution >= 4 is 11.6 Å². The van der Waals surface area contributed by atoms with Crippen molar-refractivity contribution in [2.24, 2.45) is 0 Å². The molecule has 1 aliphatic rings. The molecule has 0 aromatic heterocycles. The zero-order chi connectivity index (χ0) is 11.1. The summed E-state index contributed by atoms with van der Waals surface area (Å²) in [5.41, 5.74) is 7.21. The lowest BCUT2D eigenvalue weighted by Crippen LogP contribution is -2.33. The minimum absolute atomic E-state index is 0.201. The van der Waals surface area contributed by atoms with E-state index in [1.807, 2.05) is 24.3 Å². The van der Waals surface area contributed by atoms with Crippen LogP contribution < -0.4 is 5.73 Å². The predicted octanol–water partition coefficient (Wildman–Crippen LogP) is 1.39. The number of amides is 1. The molecule has 2 N–H and O–H groups in total. The quantitative estimate of drug-likeness (QED) is 0.740. The first-order valence-corrected chi connectivity index (χ1v) is 5.14. The second kappa shape index (κ2) is 3.26. The molecule has 1 amide bonds. The minimum Gasteiger partial charge on any atom is -0.399 e. The first-order valence-electron chi connectivity index (χ1n) is 5.14. The van der Waals surface area contributed by atoms with Gasteiger partial charge in [-0.1, -0.05) is 12.1 Å². The Morgan fingerprint density at radius 2 is 1.80 bits per heavy atom. The van der Waals surface area contributed by atoms with Gasteiger partial charge in [0.25, 0.3) is 0 Å². The molecule has 0 radical (unpaired) electrons. The van der Waals surface area contributed by atoms with Crippen LogP contribution in [-0.2, 0) is 10.2 Å². The van der Waals surface area contributed by atoms with Gasteiger partial charge in [-0.2, -0.15) is 0 Å². The Labute approximate surface area is 89.9 Å². The van der Waals surface area contributed by atoms with Crippen LogP contribution in [0.25, 0.3) is 0 Å². The van der Waals surface area contributed by atoms with Crippen LogP contribution >= 0.6 is 0 Å². The van der Waals surface area contributed by atoms with Crippen molar-refractivity contribution in [1.82, 2.24) is 4.90 Å². The molecule has 1 aromatic carbocycles. The maximum absolute atomic E-state index is 12.0. The van der Waals surface area contributed by atoms with Crippen molar-refractivity contribution in [2.45, 2.75) is 18.3 Å². The monoisotopic (exact) mass is 204 g/mol. The van der Waals surface area contributed by atoms with Gasteiger partial charge in [-0.3, -0.25) is 4.79 Å². The third-order valence-electron chi connectivity index (χ3n) is 3.03. The number of carbonyl (C=O) groups is 1. The molecule has 1 fully saturated rings. The van der Waals surface area contributed by atoms with Gasteiger partial charge in [-0.25, -0.2) is 0 Å². The molecule has 80 valence electrons. The molecule has 1 aromatic rings. The lowest BCUT2D eigenvalue weighted by Gasteiger charge is -2.20. The van der Waals surface area contributed by atoms with Gasteiger partial charge in [0.15, 0.2) is 0 Å². The molecule has 3 heteroatoms. The van der Waals surface area contributed by atoms with Gasteiger partial charge in [0, 0.05) is 19.8 Å². The van der Waals surface area contributed by atoms with Crippen molar-refractivity contribution in [2.75, 3.05) is 19.8 Å². The van der Waals surface area contributed by atoms with E-state index in [0.717, 1.165) is 24.1 Å². The van der Waals surface area contributed by atoms with Crippen molar-refractivity contribution in [3.05, 3.63) is 29.8 Å². The fourth-order valence-electron chi connectivity index (χ4n) is 1.98. The van der Waals surface area contributed by atoms with Crippen LogP contribution in [0.3, 0.4) is 0 Å². The summed E-state index contributed by atoms with van der Waals surface area (Å²) >= 11 is 0. The van der Waals surface area contributed by atoms with Crippen LogP contribution in [0.2, 0.25) is 0 Å². The molecule has 3 nitrogen and oxygen atoms in total. The zero-order valence-electron chi connectivity index (χ0n) is 9.16. The van der Waals surface area contributed by atoms with Crippen LogP contribution in [0, 0.1) is 0 Å². The Balaban J connectivity index is 2.30. The highest BCUT2D eigenvalue weighted by atomic mass is 16.2. The molecule has 0 unspecified atom stereocenters. The third kappa shape index (κ3) is 1.58. The first-order chi connectivity index (χ1) is 7.06. The highest BCUT2D eigenvalue weighted by Crippen LogP contribution is 2.49. The Kier molecular flexibility index (Phi) is 2.18. The number of anilines is 1.